The summed E-state index contributed by atoms with van der Waals surface area (Å²) in [6.45, 7) is 13.6. The first-order chi connectivity index (χ1) is 56.0. The van der Waals surface area contributed by atoms with Gasteiger partial charge in [0.15, 0.2) is 0 Å². The van der Waals surface area contributed by atoms with Gasteiger partial charge in [0.1, 0.15) is 0 Å². The van der Waals surface area contributed by atoms with E-state index in [-0.39, 0.29) is 0 Å². The highest BCUT2D eigenvalue weighted by atomic mass is 15.2. The molecule has 0 atom stereocenters. The predicted octanol–water partition coefficient (Wildman–Crippen LogP) is 31.5. The Morgan fingerprint density at radius 3 is 0.772 bits per heavy atom. The van der Waals surface area contributed by atoms with Crippen LogP contribution in [0.5, 0.6) is 0 Å². The van der Waals surface area contributed by atoms with Gasteiger partial charge in [0.05, 0.1) is 22.7 Å². The molecule has 0 saturated carbocycles. The van der Waals surface area contributed by atoms with Gasteiger partial charge in [0.25, 0.3) is 0 Å². The van der Waals surface area contributed by atoms with E-state index in [0.717, 1.165) is 84.9 Å². The lowest BCUT2D eigenvalue weighted by molar-refractivity contribution is 1.23. The number of aryl methyl sites for hydroxylation is 6. The van der Waals surface area contributed by atoms with Crippen molar-refractivity contribution >= 4 is 133 Å². The van der Waals surface area contributed by atoms with Gasteiger partial charge >= 0.3 is 0 Å². The summed E-state index contributed by atoms with van der Waals surface area (Å²) in [4.78, 5) is 10.0. The molecule has 0 aliphatic rings. The molecule has 0 fully saturated rings. The topological polar surface area (TPSA) is 13.0 Å². The molecule has 0 unspecified atom stereocenters. The third kappa shape index (κ3) is 12.0. The molecule has 0 N–H and O–H groups in total. The van der Waals surface area contributed by atoms with E-state index < -0.39 is 0 Å². The van der Waals surface area contributed by atoms with E-state index >= 15 is 0 Å². The summed E-state index contributed by atoms with van der Waals surface area (Å²) in [5, 5.41) is 14.5. The predicted molar refractivity (Wildman–Crippen MR) is 488 cm³/mol. The van der Waals surface area contributed by atoms with Gasteiger partial charge in [-0.1, -0.05) is 279 Å². The minimum Gasteiger partial charge on any atom is -0.310 e. The van der Waals surface area contributed by atoms with E-state index in [1.165, 1.54) is 137 Å². The molecular formula is C110H82N4. The first-order valence-electron chi connectivity index (χ1n) is 39.6. The molecule has 0 saturated heterocycles. The number of hydrogen-bond donors (Lipinski definition) is 0. The summed E-state index contributed by atoms with van der Waals surface area (Å²) < 4.78 is 0. The summed E-state index contributed by atoms with van der Waals surface area (Å²) in [6, 6.07) is 144. The Balaban J connectivity index is 0.749. The molecule has 0 aliphatic heterocycles. The standard InChI is InChI=1S/C110H82N4/c1-71-25-22-23-38-97(71)113(100-59-51-88(67-75(100)5)79-30-16-9-17-31-79)104-63-47-83-44-56-96-105(64-48-84-43-55-95(104)109(83)110(84)96)114(101-60-52-89(68-76(101)6)80-32-18-10-19-33-80)106-70-90(40-39-72(106)2)85-34-24-37-92(69-85)112(99-58-50-87(66-74(99)4)78-28-14-8-15-29-78)103-62-46-82-41-53-93-102(61-45-81-42-54-94(103)108(82)107(81)93)111(91-35-20-11-21-36-91)98-57-49-86(65-73(98)3)77-26-12-7-13-27-77/h7-70H,1-6H3. The zero-order chi connectivity index (χ0) is 76.7. The van der Waals surface area contributed by atoms with Gasteiger partial charge in [-0.25, -0.2) is 0 Å². The fraction of sp³-hybridized carbons (Fsp3) is 0.0545. The van der Waals surface area contributed by atoms with Crippen molar-refractivity contribution in [3.05, 3.63) is 422 Å². The average Bonchev–Trinajstić information content (AvgIpc) is 0.721. The van der Waals surface area contributed by atoms with Crippen molar-refractivity contribution in [1.29, 1.82) is 0 Å². The van der Waals surface area contributed by atoms with E-state index in [0.29, 0.717) is 0 Å². The lowest BCUT2D eigenvalue weighted by Gasteiger charge is -2.32. The monoisotopic (exact) mass is 1460 g/mol. The number of nitrogens with zero attached hydrogens (tertiary/aromatic N) is 4. The molecule has 0 amide bonds. The van der Waals surface area contributed by atoms with Crippen molar-refractivity contribution in [2.75, 3.05) is 19.6 Å². The van der Waals surface area contributed by atoms with Gasteiger partial charge in [-0.3, -0.25) is 0 Å². The summed E-state index contributed by atoms with van der Waals surface area (Å²) in [7, 11) is 0. The third-order valence-electron chi connectivity index (χ3n) is 23.6. The zero-order valence-electron chi connectivity index (χ0n) is 64.7. The molecule has 0 aromatic heterocycles. The largest absolute Gasteiger partial charge is 0.310 e. The van der Waals surface area contributed by atoms with Gasteiger partial charge in [-0.2, -0.15) is 0 Å². The van der Waals surface area contributed by atoms with Crippen LogP contribution in [-0.4, -0.2) is 0 Å². The van der Waals surface area contributed by atoms with Gasteiger partial charge < -0.3 is 19.6 Å². The van der Waals surface area contributed by atoms with Crippen molar-refractivity contribution in [3.8, 4) is 55.6 Å². The van der Waals surface area contributed by atoms with Crippen LogP contribution in [0.4, 0.5) is 68.2 Å². The van der Waals surface area contributed by atoms with E-state index in [1.54, 1.807) is 0 Å². The van der Waals surface area contributed by atoms with Crippen LogP contribution in [0.15, 0.2) is 388 Å². The van der Waals surface area contributed by atoms with Crippen molar-refractivity contribution in [2.45, 2.75) is 41.5 Å². The fourth-order valence-corrected chi connectivity index (χ4v) is 18.0. The van der Waals surface area contributed by atoms with Crippen molar-refractivity contribution in [1.82, 2.24) is 0 Å². The molecule has 0 heterocycles. The molecule has 4 nitrogen and oxygen atoms in total. The normalized spacial score (nSPS) is 11.6. The van der Waals surface area contributed by atoms with Crippen LogP contribution >= 0.6 is 0 Å². The number of anilines is 12. The number of rotatable bonds is 17. The Bertz CT molecular complexity index is 7050. The molecule has 0 spiro atoms. The molecule has 4 heteroatoms. The second-order valence-corrected chi connectivity index (χ2v) is 30.7. The maximum absolute atomic E-state index is 2.55. The second kappa shape index (κ2) is 28.5. The highest BCUT2D eigenvalue weighted by Gasteiger charge is 2.28. The summed E-state index contributed by atoms with van der Waals surface area (Å²) >= 11 is 0. The average molecular weight is 1460 g/mol. The van der Waals surface area contributed by atoms with Crippen molar-refractivity contribution in [3.63, 3.8) is 0 Å². The van der Waals surface area contributed by atoms with E-state index in [9.17, 15) is 0 Å². The molecule has 0 bridgehead atoms. The Hall–Kier alpha value is -14.3. The van der Waals surface area contributed by atoms with Gasteiger partial charge in [-0.15, -0.1) is 0 Å². The van der Waals surface area contributed by atoms with Crippen LogP contribution in [0.2, 0.25) is 0 Å². The van der Waals surface area contributed by atoms with Crippen LogP contribution in [0.3, 0.4) is 0 Å². The number of benzene rings is 20. The minimum atomic E-state index is 1.06. The lowest BCUT2D eigenvalue weighted by Crippen LogP contribution is -2.14. The molecule has 0 radical (unpaired) electrons. The number of para-hydroxylation sites is 2. The molecule has 20 rings (SSSR count). The Morgan fingerprint density at radius 2 is 0.395 bits per heavy atom. The van der Waals surface area contributed by atoms with Crippen molar-refractivity contribution in [2.24, 2.45) is 0 Å². The molecule has 114 heavy (non-hydrogen) atoms. The molecule has 20 aromatic carbocycles. The smallest absolute Gasteiger partial charge is 0.0540 e. The van der Waals surface area contributed by atoms with E-state index in [2.05, 4.69) is 449 Å². The quantitative estimate of drug-likeness (QED) is 0.0843. The summed E-state index contributed by atoms with van der Waals surface area (Å²) in [5.74, 6) is 0. The minimum absolute atomic E-state index is 1.06. The van der Waals surface area contributed by atoms with Crippen LogP contribution in [0, 0.1) is 41.5 Å². The van der Waals surface area contributed by atoms with Gasteiger partial charge in [-0.05, 0) is 283 Å². The van der Waals surface area contributed by atoms with E-state index in [4.69, 9.17) is 0 Å². The Labute approximate surface area is 666 Å². The molecule has 0 aliphatic carbocycles. The molecular weight excluding hydrogens is 1380 g/mol. The fourth-order valence-electron chi connectivity index (χ4n) is 18.0. The van der Waals surface area contributed by atoms with E-state index in [1.807, 2.05) is 0 Å². The second-order valence-electron chi connectivity index (χ2n) is 30.7. The summed E-state index contributed by atoms with van der Waals surface area (Å²) in [5.41, 5.74) is 32.2. The van der Waals surface area contributed by atoms with Crippen LogP contribution in [-0.2, 0) is 0 Å². The Morgan fingerprint density at radius 1 is 0.140 bits per heavy atom. The highest BCUT2D eigenvalue weighted by molar-refractivity contribution is 6.30. The van der Waals surface area contributed by atoms with Crippen LogP contribution in [0.25, 0.3) is 120 Å². The third-order valence-corrected chi connectivity index (χ3v) is 23.6. The number of hydrogen-bond acceptors (Lipinski definition) is 4. The van der Waals surface area contributed by atoms with Crippen LogP contribution in [0.1, 0.15) is 33.4 Å². The van der Waals surface area contributed by atoms with Gasteiger partial charge in [0.2, 0.25) is 0 Å². The van der Waals surface area contributed by atoms with Gasteiger partial charge in [0, 0.05) is 67.0 Å². The summed E-state index contributed by atoms with van der Waals surface area (Å²) in [6.07, 6.45) is 0. The first kappa shape index (κ1) is 68.9. The maximum Gasteiger partial charge on any atom is 0.0540 e. The van der Waals surface area contributed by atoms with Crippen LogP contribution < -0.4 is 19.6 Å². The Kier molecular flexibility index (Phi) is 17.2. The highest BCUT2D eigenvalue weighted by Crippen LogP contribution is 2.53. The maximum atomic E-state index is 2.55. The van der Waals surface area contributed by atoms with Crippen molar-refractivity contribution < 1.29 is 0 Å². The lowest BCUT2D eigenvalue weighted by atomic mass is 9.91. The molecule has 542 valence electrons. The first-order valence-corrected chi connectivity index (χ1v) is 39.6. The SMILES string of the molecule is Cc1cc(-c2ccccc2)ccc1N(c1ccccc1)c1ccc2ccc3c(N(c4cccc(-c5ccc(C)c(N(c6ccc(-c7ccccc7)cc6C)c6ccc7ccc8c(N(c9ccccc9C)c9ccc(-c%10ccccc%10)cc9C)ccc9ccc6c7c98)c5)c4)c4ccc(-c5ccccc5)cc4C)ccc4ccc1c2c43. The molecule has 20 aromatic rings. The zero-order valence-corrected chi connectivity index (χ0v) is 64.7.